The predicted octanol–water partition coefficient (Wildman–Crippen LogP) is 3.59. The van der Waals surface area contributed by atoms with Crippen molar-refractivity contribution >= 4 is 94.2 Å². The number of aliphatic carboxylic acids is 4. The van der Waals surface area contributed by atoms with Gasteiger partial charge in [0.2, 0.25) is 5.91 Å². The zero-order valence-corrected chi connectivity index (χ0v) is 32.9. The molecule has 0 bridgehead atoms. The molecule has 2 amide bonds. The van der Waals surface area contributed by atoms with Gasteiger partial charge in [-0.3, -0.25) is 19.3 Å². The van der Waals surface area contributed by atoms with Crippen LogP contribution < -0.4 is 20.7 Å². The number of nitrogens with two attached hydrogens (primary N) is 1. The lowest BCUT2D eigenvalue weighted by atomic mass is 10.0. The number of pyridine rings is 1. The molecular weight excluding hydrogens is 881 g/mol. The Labute approximate surface area is 342 Å². The zero-order valence-electron chi connectivity index (χ0n) is 28.9. The first kappa shape index (κ1) is 49.2. The molecule has 0 spiro atoms. The second-order valence-electron chi connectivity index (χ2n) is 11.4. The van der Waals surface area contributed by atoms with E-state index >= 15 is 0 Å². The molecule has 0 saturated carbocycles. The molecule has 6 N–H and O–H groups in total. The van der Waals surface area contributed by atoms with E-state index in [0.29, 0.717) is 51.4 Å². The molecule has 2 atom stereocenters. The van der Waals surface area contributed by atoms with Crippen molar-refractivity contribution in [3.05, 3.63) is 63.5 Å². The summed E-state index contributed by atoms with van der Waals surface area (Å²) in [5, 5.41) is 38.2. The molecule has 1 aromatic heterocycles. The summed E-state index contributed by atoms with van der Waals surface area (Å²) in [7, 11) is 0. The Bertz CT molecular complexity index is 1830. The number of nitrogens with one attached hydrogen (secondary N) is 1. The Kier molecular flexibility index (Phi) is 19.3. The van der Waals surface area contributed by atoms with Gasteiger partial charge in [-0.05, 0) is 36.7 Å². The van der Waals surface area contributed by atoms with Crippen molar-refractivity contribution in [3.63, 3.8) is 0 Å². The van der Waals surface area contributed by atoms with E-state index in [-0.39, 0.29) is 23.8 Å². The first-order valence-corrected chi connectivity index (χ1v) is 19.7. The van der Waals surface area contributed by atoms with Crippen LogP contribution in [-0.4, -0.2) is 103 Å². The third-order valence-corrected chi connectivity index (χ3v) is 11.4. The molecule has 1 fully saturated rings. The second-order valence-corrected chi connectivity index (χ2v) is 15.4. The van der Waals surface area contributed by atoms with Gasteiger partial charge in [0.15, 0.2) is 11.9 Å². The van der Waals surface area contributed by atoms with E-state index in [2.05, 4.69) is 9.88 Å². The molecule has 25 heteroatoms. The summed E-state index contributed by atoms with van der Waals surface area (Å²) in [6, 6.07) is 8.08. The second kappa shape index (κ2) is 22.3. The molecule has 3 heterocycles. The number of carboxylic acid groups (broad SMARTS) is 4. The van der Waals surface area contributed by atoms with Crippen LogP contribution in [0.3, 0.4) is 0 Å². The number of thioether (sulfide) groups is 3. The van der Waals surface area contributed by atoms with Crippen LogP contribution in [0.15, 0.2) is 57.6 Å². The maximum Gasteiger partial charge on any atom is 0.490 e. The summed E-state index contributed by atoms with van der Waals surface area (Å²) in [4.78, 5) is 69.5. The number of aromatic nitrogens is 1. The molecule has 1 saturated heterocycles. The van der Waals surface area contributed by atoms with E-state index in [1.807, 2.05) is 18.3 Å². The lowest BCUT2D eigenvalue weighted by Crippen LogP contribution is -2.70. The standard InChI is InChI=1S/C28H30Cl2N4O6S3.2C2HF3O2/c29-17-5-6-20(30)21(11-17)42-15-22(35)32-24-26(38)34-25(28(39)40)16(14-43-27(24)34)13-41-19-7-10-33(9-2-8-31)18(12-19)3-1-4-23(36)37;2*3-2(4,5)1(6)7/h5-7,10-12,24,27H,1-4,8-9,13-15,31H2,(H2-,32,35,36,37,39,40);2*(H,6,7)/t24-,27-;;/m1../s1. The number of hydrogen-bond donors (Lipinski definition) is 5. The summed E-state index contributed by atoms with van der Waals surface area (Å²) >= 11 is 16.2. The van der Waals surface area contributed by atoms with Gasteiger partial charge in [0.05, 0.1) is 10.8 Å². The first-order valence-electron chi connectivity index (χ1n) is 15.9. The van der Waals surface area contributed by atoms with Crippen LogP contribution in [0.5, 0.6) is 0 Å². The SMILES string of the molecule is NCCC[n+]1ccc(SCC2=C(C(=O)O)N3C(=O)[C@@H](NC(=O)CSc4cc(Cl)ccc4Cl)[C@H]3SC2)cc1CCCC(=O)O.O=C(O)C(F)(F)F.O=C([O-])C(F)(F)F. The topological polar surface area (TPSA) is 231 Å². The van der Waals surface area contributed by atoms with Crippen LogP contribution in [0.1, 0.15) is 25.0 Å². The quantitative estimate of drug-likeness (QED) is 0.0745. The van der Waals surface area contributed by atoms with E-state index in [9.17, 15) is 50.6 Å². The molecule has 2 aliphatic heterocycles. The number of aryl methyl sites for hydroxylation is 2. The average Bonchev–Trinajstić information content (AvgIpc) is 3.11. The van der Waals surface area contributed by atoms with Gasteiger partial charge < -0.3 is 36.3 Å². The lowest BCUT2D eigenvalue weighted by molar-refractivity contribution is -0.704. The molecule has 57 heavy (non-hydrogen) atoms. The van der Waals surface area contributed by atoms with Gasteiger partial charge in [-0.1, -0.05) is 23.2 Å². The molecular formula is C32H32Cl2F6N4O10S3. The number of amides is 2. The smallest absolute Gasteiger partial charge is 0.490 e. The van der Waals surface area contributed by atoms with Crippen molar-refractivity contribution < 1.29 is 80.1 Å². The fraction of sp³-hybridized carbons (Fsp3) is 0.406. The number of nitrogens with zero attached hydrogens (tertiary/aromatic N) is 2. The van der Waals surface area contributed by atoms with Gasteiger partial charge in [0, 0.05) is 57.7 Å². The van der Waals surface area contributed by atoms with Crippen molar-refractivity contribution in [3.8, 4) is 0 Å². The lowest BCUT2D eigenvalue weighted by Gasteiger charge is -2.49. The van der Waals surface area contributed by atoms with Gasteiger partial charge in [-0.25, -0.2) is 14.2 Å². The minimum Gasteiger partial charge on any atom is -0.542 e. The number of β-lactam (4-membered cyclic amide) rings is 1. The number of alkyl halides is 6. The fourth-order valence-electron chi connectivity index (χ4n) is 4.67. The molecule has 4 rings (SSSR count). The number of halogens is 8. The Balaban J connectivity index is 0.000000682. The summed E-state index contributed by atoms with van der Waals surface area (Å²) in [5.41, 5.74) is 7.23. The average molecular weight is 914 g/mol. The zero-order chi connectivity index (χ0) is 43.2. The number of carbonyl (C=O) groups excluding carboxylic acids is 3. The van der Waals surface area contributed by atoms with Crippen LogP contribution in [-0.2, 0) is 41.7 Å². The highest BCUT2D eigenvalue weighted by atomic mass is 35.5. The molecule has 314 valence electrons. The van der Waals surface area contributed by atoms with Crippen molar-refractivity contribution in [1.29, 1.82) is 0 Å². The van der Waals surface area contributed by atoms with Gasteiger partial charge in [0.1, 0.15) is 29.6 Å². The molecule has 0 unspecified atom stereocenters. The van der Waals surface area contributed by atoms with Crippen LogP contribution in [0.4, 0.5) is 26.3 Å². The predicted molar refractivity (Wildman–Crippen MR) is 193 cm³/mol. The van der Waals surface area contributed by atoms with Crippen LogP contribution in [0.2, 0.25) is 10.0 Å². The maximum absolute atomic E-state index is 13.1. The largest absolute Gasteiger partial charge is 0.542 e. The number of hydrogen-bond acceptors (Lipinski definition) is 11. The third-order valence-electron chi connectivity index (χ3n) is 7.23. The Morgan fingerprint density at radius 2 is 1.63 bits per heavy atom. The Hall–Kier alpha value is -3.90. The number of carbonyl (C=O) groups is 6. The number of rotatable bonds is 15. The van der Waals surface area contributed by atoms with Crippen molar-refractivity contribution in [1.82, 2.24) is 10.2 Å². The summed E-state index contributed by atoms with van der Waals surface area (Å²) in [5.74, 6) is -7.84. The normalized spacial score (nSPS) is 16.2. The fourth-order valence-corrected chi connectivity index (χ4v) is 8.41. The summed E-state index contributed by atoms with van der Waals surface area (Å²) < 4.78 is 65.4. The van der Waals surface area contributed by atoms with Crippen LogP contribution in [0.25, 0.3) is 0 Å². The number of benzene rings is 1. The number of fused-ring (bicyclic) bond motifs is 1. The molecule has 0 radical (unpaired) electrons. The highest BCUT2D eigenvalue weighted by Gasteiger charge is 2.54. The molecule has 2 aromatic rings. The van der Waals surface area contributed by atoms with Crippen LogP contribution >= 0.6 is 58.5 Å². The van der Waals surface area contributed by atoms with E-state index in [1.54, 1.807) is 18.2 Å². The molecule has 1 aromatic carbocycles. The van der Waals surface area contributed by atoms with E-state index < -0.39 is 53.6 Å². The van der Waals surface area contributed by atoms with Crippen molar-refractivity contribution in [2.24, 2.45) is 5.73 Å². The molecule has 14 nitrogen and oxygen atoms in total. The minimum absolute atomic E-state index is 0.0202. The summed E-state index contributed by atoms with van der Waals surface area (Å²) in [6.07, 6.45) is -6.39. The highest BCUT2D eigenvalue weighted by Crippen LogP contribution is 2.42. The minimum atomic E-state index is -5.19. The molecule has 0 aliphatic carbocycles. The first-order chi connectivity index (χ1) is 26.5. The van der Waals surface area contributed by atoms with E-state index in [1.165, 1.54) is 40.2 Å². The van der Waals surface area contributed by atoms with Crippen LogP contribution in [0, 0.1) is 0 Å². The van der Waals surface area contributed by atoms with E-state index in [0.717, 1.165) is 23.6 Å². The van der Waals surface area contributed by atoms with Crippen molar-refractivity contribution in [2.45, 2.75) is 65.8 Å². The van der Waals surface area contributed by atoms with Gasteiger partial charge >= 0.3 is 30.3 Å². The maximum atomic E-state index is 13.1. The Morgan fingerprint density at radius 3 is 2.18 bits per heavy atom. The van der Waals surface area contributed by atoms with Gasteiger partial charge in [-0.15, -0.1) is 35.3 Å². The summed E-state index contributed by atoms with van der Waals surface area (Å²) in [6.45, 7) is 1.26. The van der Waals surface area contributed by atoms with Gasteiger partial charge in [0.25, 0.3) is 5.91 Å². The van der Waals surface area contributed by atoms with Crippen molar-refractivity contribution in [2.75, 3.05) is 23.8 Å². The van der Waals surface area contributed by atoms with E-state index in [4.69, 9.17) is 53.8 Å². The van der Waals surface area contributed by atoms with Gasteiger partial charge in [-0.2, -0.15) is 26.3 Å². The number of carboxylic acids is 4. The molecule has 2 aliphatic rings. The Morgan fingerprint density at radius 1 is 1.00 bits per heavy atom. The third kappa shape index (κ3) is 15.8. The monoisotopic (exact) mass is 912 g/mol. The highest BCUT2D eigenvalue weighted by molar-refractivity contribution is 8.01.